The maximum absolute atomic E-state index is 17.3. The number of pyridine rings is 1. The highest BCUT2D eigenvalue weighted by Crippen LogP contribution is 2.44. The number of phenols is 1. The van der Waals surface area contributed by atoms with Gasteiger partial charge in [0.25, 0.3) is 0 Å². The van der Waals surface area contributed by atoms with Gasteiger partial charge in [-0.05, 0) is 124 Å². The quantitative estimate of drug-likeness (QED) is 0.218. The number of aromatic hydroxyl groups is 1. The Morgan fingerprint density at radius 3 is 2.65 bits per heavy atom. The van der Waals surface area contributed by atoms with Crippen molar-refractivity contribution < 1.29 is 23.8 Å². The second-order valence-corrected chi connectivity index (χ2v) is 16.7. The van der Waals surface area contributed by atoms with Gasteiger partial charge in [0.2, 0.25) is 0 Å². The molecule has 284 valence electrons. The van der Waals surface area contributed by atoms with E-state index in [2.05, 4.69) is 21.2 Å². The van der Waals surface area contributed by atoms with Crippen molar-refractivity contribution in [2.45, 2.75) is 107 Å². The summed E-state index contributed by atoms with van der Waals surface area (Å²) in [6.07, 6.45) is 15.0. The minimum Gasteiger partial charge on any atom is -0.508 e. The van der Waals surface area contributed by atoms with Gasteiger partial charge in [-0.3, -0.25) is 9.88 Å². The van der Waals surface area contributed by atoms with Gasteiger partial charge in [-0.25, -0.2) is 9.18 Å². The van der Waals surface area contributed by atoms with E-state index < -0.39 is 5.82 Å². The van der Waals surface area contributed by atoms with Crippen LogP contribution in [0.5, 0.6) is 11.8 Å². The molecular weight excluding hydrogens is 686 g/mol. The number of hydrogen-bond acceptors (Lipinski definition) is 10. The molecule has 2 N–H and O–H groups in total. The topological polar surface area (TPSA) is 116 Å². The fourth-order valence-corrected chi connectivity index (χ4v) is 10.7. The second-order valence-electron chi connectivity index (χ2n) is 16.7. The third kappa shape index (κ3) is 6.00. The highest BCUT2D eigenvalue weighted by molar-refractivity contribution is 6.02. The van der Waals surface area contributed by atoms with Crippen LogP contribution in [-0.4, -0.2) is 106 Å². The molecule has 0 spiro atoms. The van der Waals surface area contributed by atoms with Gasteiger partial charge in [0, 0.05) is 56.1 Å². The average molecular weight is 736 g/mol. The van der Waals surface area contributed by atoms with Gasteiger partial charge in [-0.15, -0.1) is 0 Å². The highest BCUT2D eigenvalue weighted by Gasteiger charge is 2.50. The lowest BCUT2D eigenvalue weighted by atomic mass is 9.85. The largest absolute Gasteiger partial charge is 0.508 e. The van der Waals surface area contributed by atoms with Crippen LogP contribution in [0.15, 0.2) is 30.5 Å². The number of carbonyl (C=O) groups excluding carboxylic acids is 1. The molecule has 10 rings (SSSR count). The molecule has 11 nitrogen and oxygen atoms in total. The predicted octanol–water partition coefficient (Wildman–Crippen LogP) is 6.51. The summed E-state index contributed by atoms with van der Waals surface area (Å²) in [6, 6.07) is 8.60. The number of ether oxygens (including phenoxy) is 2. The molecule has 2 aromatic heterocycles. The number of nitrogens with one attached hydrogen (secondary N) is 1. The lowest BCUT2D eigenvalue weighted by Crippen LogP contribution is -2.51. The number of piperidine rings is 1. The number of nitrogens with zero attached hydrogens (tertiary/aromatic N) is 6. The number of rotatable bonds is 7. The van der Waals surface area contributed by atoms with Gasteiger partial charge >= 0.3 is 12.1 Å². The molecule has 4 aromatic rings. The van der Waals surface area contributed by atoms with Crippen molar-refractivity contribution in [3.8, 4) is 23.0 Å². The van der Waals surface area contributed by atoms with Crippen LogP contribution in [0.3, 0.4) is 0 Å². The molecule has 5 fully saturated rings. The number of fused-ring (bicyclic) bond motifs is 7. The number of aryl methyl sites for hydroxylation is 2. The Morgan fingerprint density at radius 2 is 1.80 bits per heavy atom. The van der Waals surface area contributed by atoms with Crippen molar-refractivity contribution in [1.82, 2.24) is 30.1 Å². The fraction of sp³-hybridized carbons (Fsp3) is 0.571. The van der Waals surface area contributed by atoms with Gasteiger partial charge in [-0.1, -0.05) is 12.1 Å². The molecule has 4 unspecified atom stereocenters. The molecule has 0 radical (unpaired) electrons. The van der Waals surface area contributed by atoms with Gasteiger partial charge < -0.3 is 29.7 Å². The summed E-state index contributed by atoms with van der Waals surface area (Å²) in [5.41, 5.74) is 3.24. The lowest BCUT2D eigenvalue weighted by molar-refractivity contribution is 0.0420. The Labute approximate surface area is 315 Å². The van der Waals surface area contributed by atoms with Crippen LogP contribution in [0.2, 0.25) is 0 Å². The Hall–Kier alpha value is -4.29. The van der Waals surface area contributed by atoms with E-state index in [1.54, 1.807) is 18.3 Å². The maximum Gasteiger partial charge on any atom is 0.409 e. The maximum atomic E-state index is 17.3. The molecule has 0 saturated carbocycles. The zero-order chi connectivity index (χ0) is 36.4. The van der Waals surface area contributed by atoms with E-state index in [0.29, 0.717) is 42.1 Å². The zero-order valence-corrected chi connectivity index (χ0v) is 31.0. The molecule has 12 heteroatoms. The van der Waals surface area contributed by atoms with E-state index in [4.69, 9.17) is 24.4 Å². The first kappa shape index (κ1) is 34.2. The predicted molar refractivity (Wildman–Crippen MR) is 205 cm³/mol. The molecule has 5 aliphatic heterocycles. The molecule has 2 bridgehead atoms. The van der Waals surface area contributed by atoms with Gasteiger partial charge in [-0.2, -0.15) is 9.97 Å². The molecular formula is C42H50FN7O4. The van der Waals surface area contributed by atoms with Crippen LogP contribution in [0.25, 0.3) is 32.9 Å². The number of likely N-dealkylation sites (tertiary alicyclic amines) is 1. The Bertz CT molecular complexity index is 2100. The van der Waals surface area contributed by atoms with Crippen LogP contribution in [0.4, 0.5) is 15.0 Å². The normalized spacial score (nSPS) is 26.7. The van der Waals surface area contributed by atoms with Crippen molar-refractivity contribution in [1.29, 1.82) is 0 Å². The third-order valence-electron chi connectivity index (χ3n) is 13.4. The van der Waals surface area contributed by atoms with Gasteiger partial charge in [0.15, 0.2) is 5.82 Å². The summed E-state index contributed by atoms with van der Waals surface area (Å²) in [4.78, 5) is 34.0. The first-order chi connectivity index (χ1) is 26.4. The molecule has 2 aromatic carbocycles. The lowest BCUT2D eigenvalue weighted by Gasteiger charge is -2.35. The fourth-order valence-electron chi connectivity index (χ4n) is 10.7. The number of carbonyl (C=O) groups is 1. The minimum atomic E-state index is -0.531. The summed E-state index contributed by atoms with van der Waals surface area (Å²) in [6.45, 7) is 4.77. The van der Waals surface area contributed by atoms with E-state index in [0.717, 1.165) is 121 Å². The number of phenolic OH excluding ortho intramolecular Hbond substituents is 1. The summed E-state index contributed by atoms with van der Waals surface area (Å²) in [7, 11) is 0. The monoisotopic (exact) mass is 735 g/mol. The van der Waals surface area contributed by atoms with E-state index in [9.17, 15) is 9.90 Å². The number of benzene rings is 2. The number of amides is 1. The van der Waals surface area contributed by atoms with Crippen LogP contribution in [-0.2, 0) is 17.6 Å². The van der Waals surface area contributed by atoms with Crippen molar-refractivity contribution >= 4 is 33.6 Å². The van der Waals surface area contributed by atoms with Gasteiger partial charge in [0.1, 0.15) is 36.0 Å². The summed E-state index contributed by atoms with van der Waals surface area (Å²) in [5.74, 6) is 0.200. The minimum absolute atomic E-state index is 0.0785. The molecule has 4 atom stereocenters. The molecule has 6 aliphatic rings. The molecule has 1 amide bonds. The van der Waals surface area contributed by atoms with Gasteiger partial charge in [0.05, 0.1) is 10.9 Å². The van der Waals surface area contributed by atoms with E-state index in [-0.39, 0.29) is 40.6 Å². The molecule has 54 heavy (non-hydrogen) atoms. The highest BCUT2D eigenvalue weighted by atomic mass is 19.1. The Balaban J connectivity index is 0.986. The number of aromatic nitrogens is 3. The SMILES string of the molecule is O=C(OCC1CCC2(COc3nc(N4CC5CCC(C4)N5)c4cnc(-c5cc(O)cc6ccc7c(c56)CCCC7)c(F)c4n3)CCCN12)N1CCCCC1. The molecule has 7 heterocycles. The summed E-state index contributed by atoms with van der Waals surface area (Å²) in [5, 5.41) is 16.9. The first-order valence-electron chi connectivity index (χ1n) is 20.4. The van der Waals surface area contributed by atoms with Crippen molar-refractivity contribution in [3.05, 3.63) is 47.4 Å². The van der Waals surface area contributed by atoms with Crippen LogP contribution < -0.4 is 15.0 Å². The van der Waals surface area contributed by atoms with Crippen molar-refractivity contribution in [3.63, 3.8) is 0 Å². The molecule has 1 aliphatic carbocycles. The standard InChI is InChI=1S/C42H50FN7O4/c43-36-37(33-20-31(51)19-27-10-9-26-7-2-3-8-32(26)35(27)33)44-21-34-38(36)46-40(47-39(34)49-22-28-11-12-29(23-49)45-28)54-25-42-14-6-18-50(42)30(13-15-42)24-53-41(52)48-16-4-1-5-17-48/h9-10,19-21,28-30,45,51H,1-8,11-18,22-25H2. The summed E-state index contributed by atoms with van der Waals surface area (Å²) >= 11 is 0. The third-order valence-corrected chi connectivity index (χ3v) is 13.4. The van der Waals surface area contributed by atoms with Crippen LogP contribution in [0, 0.1) is 5.82 Å². The van der Waals surface area contributed by atoms with Crippen LogP contribution >= 0.6 is 0 Å². The van der Waals surface area contributed by atoms with Crippen molar-refractivity contribution in [2.75, 3.05) is 50.8 Å². The second kappa shape index (κ2) is 13.8. The number of halogens is 1. The smallest absolute Gasteiger partial charge is 0.409 e. The number of anilines is 1. The van der Waals surface area contributed by atoms with E-state index >= 15 is 4.39 Å². The summed E-state index contributed by atoms with van der Waals surface area (Å²) < 4.78 is 29.7. The average Bonchev–Trinajstić information content (AvgIpc) is 3.88. The van der Waals surface area contributed by atoms with E-state index in [1.807, 2.05) is 11.0 Å². The Morgan fingerprint density at radius 1 is 0.963 bits per heavy atom. The number of hydrogen-bond donors (Lipinski definition) is 2. The zero-order valence-electron chi connectivity index (χ0n) is 31.0. The first-order valence-corrected chi connectivity index (χ1v) is 20.4. The van der Waals surface area contributed by atoms with Crippen molar-refractivity contribution in [2.24, 2.45) is 0 Å². The molecule has 5 saturated heterocycles. The Kier molecular flexibility index (Phi) is 8.73. The van der Waals surface area contributed by atoms with E-state index in [1.165, 1.54) is 17.5 Å². The number of piperazine rings is 1. The van der Waals surface area contributed by atoms with Crippen LogP contribution in [0.1, 0.15) is 81.8 Å².